The SMILES string of the molecule is CC.CC.CC.CN(C)C.CN(c1[c-]cccc1)c1[c-]c2cccc3c2c(c1)-c1ccccc1-3.C[Si](C)(C)C.[Y].[Y].[Y].[Y].[Y].[Y].[Y].[Y].[Y].[Y].[Y].[Y].[Y].[Y].[Y].[Y].[Y].[Y].[Y].[Y].[Y].[Y].[Y].[Y].[Y].[Y].[Y].[Y].[Y].[Y].[Y]. The zero-order valence-electron chi connectivity index (χ0n) is 45.2. The van der Waals surface area contributed by atoms with Crippen molar-refractivity contribution in [2.75, 3.05) is 33.1 Å². The molecule has 0 bridgehead atoms. The molecule has 0 amide bonds. The number of nitrogens with zero attached hydrogens (tertiary/aromatic N) is 2. The number of benzene rings is 4. The topological polar surface area (TPSA) is 6.48 Å². The fourth-order valence-corrected chi connectivity index (χ4v) is 3.62. The average Bonchev–Trinajstić information content (AvgIpc) is 3.26. The molecule has 0 heterocycles. The predicted octanol–water partition coefficient (Wildman–Crippen LogP) is 11.0. The molecule has 0 unspecified atom stereocenters. The smallest absolute Gasteiger partial charge is 0.0411 e. The standard InChI is InChI=1S/C23H15N.C4H12Si.C3H9N.3C2H6.31Y/c1-24(17-9-3-2-4-10-17)18-14-16-8-7-13-21-19-11-5-6-12-20(19)22(15-18)23(16)21;1-5(2,3)4;1-4(2)3;3*1-2;;;;;;;;;;;;;;;;;;;;;;;;;;;;;;;/h2-9,11-13,15H,1H3;1-4H3;1-3H3;3*1-2H3;;;;;;;;;;;;;;;;;;;;;;;;;;;;;;;/q-2;;;;;;;;;;;;;;;;;;;;;;;;;;;;;;;;;;;;. The van der Waals surface area contributed by atoms with Crippen molar-refractivity contribution >= 4 is 30.2 Å². The Bertz CT molecular complexity index is 1270. The molecule has 1 aliphatic rings. The average molecular weight is 3300 g/mol. The molecule has 2 nitrogen and oxygen atoms in total. The first kappa shape index (κ1) is 212. The first-order valence-corrected chi connectivity index (χ1v) is 18.5. The van der Waals surface area contributed by atoms with Crippen LogP contribution < -0.4 is 4.90 Å². The maximum atomic E-state index is 3.59. The number of hydrogen-bond acceptors (Lipinski definition) is 2. The number of anilines is 2. The zero-order valence-corrected chi connectivity index (χ0v) is 134. The number of fused-ring (bicyclic) bond motifs is 3. The molecule has 0 fully saturated rings. The third-order valence-electron chi connectivity index (χ3n) is 4.80. The van der Waals surface area contributed by atoms with Gasteiger partial charge in [-0.2, -0.15) is 24.3 Å². The molecule has 5 rings (SSSR count). The second-order valence-corrected chi connectivity index (χ2v) is 16.5. The quantitative estimate of drug-likeness (QED) is 0.128. The molecule has 34 heteroatoms. The van der Waals surface area contributed by atoms with Gasteiger partial charge in [-0.15, -0.1) is 35.7 Å². The molecule has 307 valence electrons. The molecule has 0 saturated heterocycles. The van der Waals surface area contributed by atoms with E-state index in [4.69, 9.17) is 0 Å². The van der Waals surface area contributed by atoms with Crippen molar-refractivity contribution in [1.82, 2.24) is 4.90 Å². The van der Waals surface area contributed by atoms with E-state index >= 15 is 0 Å². The van der Waals surface area contributed by atoms with E-state index in [0.29, 0.717) is 0 Å². The predicted molar refractivity (Wildman–Crippen MR) is 183 cm³/mol. The third kappa shape index (κ3) is 113. The van der Waals surface area contributed by atoms with Crippen LogP contribution in [0.25, 0.3) is 33.0 Å². The Kier molecular flexibility index (Phi) is 454. The van der Waals surface area contributed by atoms with E-state index in [1.165, 1.54) is 33.0 Å². The van der Waals surface area contributed by atoms with Gasteiger partial charge in [0.1, 0.15) is 0 Å². The van der Waals surface area contributed by atoms with Crippen molar-refractivity contribution in [3.8, 4) is 22.3 Å². The van der Waals surface area contributed by atoms with Gasteiger partial charge in [-0.3, -0.25) is 0 Å². The minimum Gasteiger partial charge on any atom is -0.385 e. The van der Waals surface area contributed by atoms with Gasteiger partial charge in [0, 0.05) is 1030 Å². The zero-order chi connectivity index (χ0) is 30.2. The molecule has 4 aromatic carbocycles. The Labute approximate surface area is 1220 Å². The van der Waals surface area contributed by atoms with E-state index in [9.17, 15) is 0 Å². The number of hydrogen-bond donors (Lipinski definition) is 0. The molecule has 31 radical (unpaired) electrons. The number of rotatable bonds is 2. The van der Waals surface area contributed by atoms with Gasteiger partial charge in [0.25, 0.3) is 0 Å². The van der Waals surface area contributed by atoms with Gasteiger partial charge < -0.3 is 9.80 Å². The maximum Gasteiger partial charge on any atom is 0.0411 e. The minimum atomic E-state index is -0.611. The van der Waals surface area contributed by atoms with E-state index in [0.717, 1.165) is 11.4 Å². The van der Waals surface area contributed by atoms with Crippen LogP contribution in [-0.4, -0.2) is 41.2 Å². The van der Waals surface area contributed by atoms with Gasteiger partial charge in [0.2, 0.25) is 0 Å². The largest absolute Gasteiger partial charge is 0.385 e. The Morgan fingerprint density at radius 1 is 0.329 bits per heavy atom. The Hall–Kier alpha value is 31.3. The maximum absolute atomic E-state index is 3.59. The van der Waals surface area contributed by atoms with E-state index in [1.807, 2.05) is 85.8 Å². The second-order valence-electron chi connectivity index (χ2n) is 10.5. The summed E-state index contributed by atoms with van der Waals surface area (Å²) in [6.45, 7) is 21.3. The second kappa shape index (κ2) is 150. The third-order valence-corrected chi connectivity index (χ3v) is 4.80. The van der Waals surface area contributed by atoms with Crippen molar-refractivity contribution in [2.24, 2.45) is 0 Å². The normalized spacial score (nSPS) is 5.59. The molecule has 0 N–H and O–H groups in total. The Balaban J connectivity index is -0.00000000962. The van der Waals surface area contributed by atoms with Crippen LogP contribution in [0.2, 0.25) is 26.2 Å². The molecule has 1 aliphatic carbocycles. The molecule has 0 atom stereocenters. The summed E-state index contributed by atoms with van der Waals surface area (Å²) in [5.41, 5.74) is 7.35. The van der Waals surface area contributed by atoms with Gasteiger partial charge in [0.15, 0.2) is 0 Å². The van der Waals surface area contributed by atoms with Crippen LogP contribution in [0, 0.1) is 12.1 Å². The van der Waals surface area contributed by atoms with Crippen molar-refractivity contribution in [2.45, 2.75) is 67.7 Å². The van der Waals surface area contributed by atoms with Crippen LogP contribution in [0.15, 0.2) is 72.8 Å². The fourth-order valence-electron chi connectivity index (χ4n) is 3.62. The van der Waals surface area contributed by atoms with E-state index in [1.54, 1.807) is 0 Å². The van der Waals surface area contributed by atoms with Gasteiger partial charge in [-0.25, -0.2) is 0 Å². The molecule has 4 aromatic rings. The first-order chi connectivity index (χ1) is 18.6. The Morgan fingerprint density at radius 2 is 0.586 bits per heavy atom. The van der Waals surface area contributed by atoms with Gasteiger partial charge in [-0.1, -0.05) is 120 Å². The summed E-state index contributed by atoms with van der Waals surface area (Å²) in [5.74, 6) is 0. The first-order valence-electron chi connectivity index (χ1n) is 14.5. The van der Waals surface area contributed by atoms with Gasteiger partial charge >= 0.3 is 0 Å². The van der Waals surface area contributed by atoms with E-state index in [2.05, 4.69) is 105 Å². The molecule has 0 saturated carbocycles. The summed E-state index contributed by atoms with van der Waals surface area (Å²) in [4.78, 5) is 4.14. The molecular formula is C36H54N2SiY31-2. The summed E-state index contributed by atoms with van der Waals surface area (Å²) in [5, 5.41) is 2.48. The summed E-state index contributed by atoms with van der Waals surface area (Å²) in [7, 11) is 7.46. The molecule has 0 spiro atoms. The summed E-state index contributed by atoms with van der Waals surface area (Å²) < 4.78 is 0. The van der Waals surface area contributed by atoms with E-state index in [-0.39, 0.29) is 1010 Å². The van der Waals surface area contributed by atoms with Crippen LogP contribution in [0.5, 0.6) is 0 Å². The number of para-hydroxylation sites is 1. The molecule has 0 aromatic heterocycles. The summed E-state index contributed by atoms with van der Waals surface area (Å²) >= 11 is 0. The molecule has 0 aliphatic heterocycles. The molecule has 70 heavy (non-hydrogen) atoms. The van der Waals surface area contributed by atoms with Crippen LogP contribution >= 0.6 is 0 Å². The summed E-state index contributed by atoms with van der Waals surface area (Å²) in [6, 6.07) is 32.3. The van der Waals surface area contributed by atoms with Crippen LogP contribution in [0.3, 0.4) is 0 Å². The van der Waals surface area contributed by atoms with Crippen molar-refractivity contribution in [1.29, 1.82) is 0 Å². The van der Waals surface area contributed by atoms with Gasteiger partial charge in [0.05, 0.1) is 0 Å². The Morgan fingerprint density at radius 3 is 0.857 bits per heavy atom. The van der Waals surface area contributed by atoms with Crippen LogP contribution in [0.1, 0.15) is 41.5 Å². The molecular weight excluding hydrogens is 3240 g/mol. The van der Waals surface area contributed by atoms with Gasteiger partial charge in [-0.05, 0) is 38.0 Å². The fraction of sp³-hybridized carbons (Fsp3) is 0.389. The van der Waals surface area contributed by atoms with Crippen molar-refractivity contribution in [3.63, 3.8) is 0 Å². The minimum absolute atomic E-state index is 0. The van der Waals surface area contributed by atoms with E-state index < -0.39 is 8.07 Å². The summed E-state index contributed by atoms with van der Waals surface area (Å²) in [6.07, 6.45) is 0. The van der Waals surface area contributed by atoms with Crippen LogP contribution in [-0.2, 0) is 1010 Å². The van der Waals surface area contributed by atoms with Crippen molar-refractivity contribution in [3.05, 3.63) is 84.9 Å². The van der Waals surface area contributed by atoms with Crippen molar-refractivity contribution < 1.29 is 1010 Å². The van der Waals surface area contributed by atoms with Crippen LogP contribution in [0.4, 0.5) is 11.4 Å². The monoisotopic (exact) mass is 3300 g/mol.